The van der Waals surface area contributed by atoms with Gasteiger partial charge in [0.15, 0.2) is 5.78 Å². The Morgan fingerprint density at radius 2 is 2.28 bits per heavy atom. The lowest BCUT2D eigenvalue weighted by Gasteiger charge is -2.20. The summed E-state index contributed by atoms with van der Waals surface area (Å²) in [6, 6.07) is -0.372. The molecule has 2 heterocycles. The fraction of sp³-hybridized carbons (Fsp3) is 0.583. The van der Waals surface area contributed by atoms with Crippen LogP contribution >= 0.6 is 0 Å². The van der Waals surface area contributed by atoms with Crippen LogP contribution in [0.5, 0.6) is 0 Å². The van der Waals surface area contributed by atoms with Gasteiger partial charge in [-0.05, 0) is 26.7 Å². The molecule has 1 aliphatic heterocycles. The number of hydrogen-bond donors (Lipinski definition) is 1. The highest BCUT2D eigenvalue weighted by Gasteiger charge is 2.26. The summed E-state index contributed by atoms with van der Waals surface area (Å²) in [7, 11) is 0. The van der Waals surface area contributed by atoms with Gasteiger partial charge in [-0.25, -0.2) is 4.79 Å². The first kappa shape index (κ1) is 12.8. The minimum absolute atomic E-state index is 0.000512. The SMILES string of the molecule is CC(=O)c1c[nH]c(=O)n(C(C)C2CCCO2)c1=O. The van der Waals surface area contributed by atoms with E-state index in [2.05, 4.69) is 4.98 Å². The zero-order chi connectivity index (χ0) is 13.3. The first-order valence-electron chi connectivity index (χ1n) is 5.99. The van der Waals surface area contributed by atoms with Gasteiger partial charge >= 0.3 is 5.69 Å². The van der Waals surface area contributed by atoms with Crippen LogP contribution in [0.15, 0.2) is 15.8 Å². The molecule has 0 bridgehead atoms. The number of aromatic amines is 1. The number of ketones is 1. The van der Waals surface area contributed by atoms with E-state index in [4.69, 9.17) is 4.74 Å². The third-order valence-corrected chi connectivity index (χ3v) is 3.30. The molecule has 0 saturated carbocycles. The van der Waals surface area contributed by atoms with Crippen molar-refractivity contribution in [1.29, 1.82) is 0 Å². The Morgan fingerprint density at radius 3 is 2.83 bits per heavy atom. The molecule has 98 valence electrons. The van der Waals surface area contributed by atoms with Gasteiger partial charge in [-0.1, -0.05) is 0 Å². The minimum atomic E-state index is -0.547. The van der Waals surface area contributed by atoms with Gasteiger partial charge in [0, 0.05) is 12.8 Å². The van der Waals surface area contributed by atoms with E-state index in [-0.39, 0.29) is 23.5 Å². The number of Topliss-reactive ketones (excluding diaryl/α,β-unsaturated/α-hetero) is 1. The summed E-state index contributed by atoms with van der Waals surface area (Å²) in [4.78, 5) is 37.6. The largest absolute Gasteiger partial charge is 0.376 e. The molecule has 1 N–H and O–H groups in total. The number of carbonyl (C=O) groups excluding carboxylic acids is 1. The number of rotatable bonds is 3. The number of nitrogens with one attached hydrogen (secondary N) is 1. The zero-order valence-electron chi connectivity index (χ0n) is 10.4. The van der Waals surface area contributed by atoms with Gasteiger partial charge in [-0.15, -0.1) is 0 Å². The highest BCUT2D eigenvalue weighted by Crippen LogP contribution is 2.21. The number of hydrogen-bond acceptors (Lipinski definition) is 4. The van der Waals surface area contributed by atoms with E-state index in [9.17, 15) is 14.4 Å². The topological polar surface area (TPSA) is 81.2 Å². The van der Waals surface area contributed by atoms with Gasteiger partial charge in [0.25, 0.3) is 5.56 Å². The van der Waals surface area contributed by atoms with Crippen molar-refractivity contribution in [2.45, 2.75) is 38.8 Å². The monoisotopic (exact) mass is 252 g/mol. The second-order valence-electron chi connectivity index (χ2n) is 4.53. The van der Waals surface area contributed by atoms with Crippen molar-refractivity contribution in [2.24, 2.45) is 0 Å². The average Bonchev–Trinajstić information content (AvgIpc) is 2.81. The quantitative estimate of drug-likeness (QED) is 0.793. The molecule has 6 heteroatoms. The minimum Gasteiger partial charge on any atom is -0.376 e. The van der Waals surface area contributed by atoms with E-state index < -0.39 is 11.2 Å². The van der Waals surface area contributed by atoms with Crippen LogP contribution in [0.3, 0.4) is 0 Å². The molecule has 0 aliphatic carbocycles. The summed E-state index contributed by atoms with van der Waals surface area (Å²) in [5, 5.41) is 0. The molecule has 0 aromatic carbocycles. The van der Waals surface area contributed by atoms with Crippen molar-refractivity contribution in [3.8, 4) is 0 Å². The maximum absolute atomic E-state index is 12.1. The fourth-order valence-electron chi connectivity index (χ4n) is 2.26. The van der Waals surface area contributed by atoms with Gasteiger partial charge in [0.1, 0.15) is 0 Å². The number of nitrogens with zero attached hydrogens (tertiary/aromatic N) is 1. The van der Waals surface area contributed by atoms with E-state index in [1.807, 2.05) is 0 Å². The van der Waals surface area contributed by atoms with Gasteiger partial charge < -0.3 is 9.72 Å². The van der Waals surface area contributed by atoms with E-state index in [0.717, 1.165) is 17.4 Å². The summed E-state index contributed by atoms with van der Waals surface area (Å²) in [6.45, 7) is 3.71. The van der Waals surface area contributed by atoms with Gasteiger partial charge in [0.2, 0.25) is 0 Å². The van der Waals surface area contributed by atoms with Gasteiger partial charge in [-0.2, -0.15) is 0 Å². The molecule has 18 heavy (non-hydrogen) atoms. The Hall–Kier alpha value is -1.69. The molecule has 0 spiro atoms. The number of aromatic nitrogens is 2. The van der Waals surface area contributed by atoms with Crippen molar-refractivity contribution < 1.29 is 9.53 Å². The molecule has 1 saturated heterocycles. The molecule has 2 rings (SSSR count). The molecule has 1 fully saturated rings. The Bertz CT molecular complexity index is 566. The Balaban J connectivity index is 2.49. The third-order valence-electron chi connectivity index (χ3n) is 3.30. The van der Waals surface area contributed by atoms with Gasteiger partial charge in [-0.3, -0.25) is 14.2 Å². The lowest BCUT2D eigenvalue weighted by atomic mass is 10.1. The van der Waals surface area contributed by atoms with Crippen molar-refractivity contribution in [1.82, 2.24) is 9.55 Å². The van der Waals surface area contributed by atoms with Crippen LogP contribution in [0.4, 0.5) is 0 Å². The Labute approximate surface area is 104 Å². The van der Waals surface area contributed by atoms with E-state index in [0.29, 0.717) is 6.61 Å². The molecule has 1 aromatic heterocycles. The van der Waals surface area contributed by atoms with E-state index in [1.165, 1.54) is 13.1 Å². The summed E-state index contributed by atoms with van der Waals surface area (Å²) >= 11 is 0. The lowest BCUT2D eigenvalue weighted by molar-refractivity contribution is 0.0703. The third kappa shape index (κ3) is 2.15. The smallest absolute Gasteiger partial charge is 0.328 e. The number of H-pyrrole nitrogens is 1. The first-order chi connectivity index (χ1) is 8.52. The van der Waals surface area contributed by atoms with E-state index in [1.54, 1.807) is 6.92 Å². The second kappa shape index (κ2) is 4.89. The number of ether oxygens (including phenoxy) is 1. The highest BCUT2D eigenvalue weighted by atomic mass is 16.5. The summed E-state index contributed by atoms with van der Waals surface area (Å²) in [5.41, 5.74) is -1.05. The van der Waals surface area contributed by atoms with Crippen LogP contribution in [-0.4, -0.2) is 28.0 Å². The molecular weight excluding hydrogens is 236 g/mol. The highest BCUT2D eigenvalue weighted by molar-refractivity contribution is 5.93. The Kier molecular flexibility index (Phi) is 3.47. The van der Waals surface area contributed by atoms with Crippen LogP contribution in [0.2, 0.25) is 0 Å². The lowest BCUT2D eigenvalue weighted by Crippen LogP contribution is -2.42. The van der Waals surface area contributed by atoms with E-state index >= 15 is 0 Å². The molecule has 2 unspecified atom stereocenters. The maximum atomic E-state index is 12.1. The standard InChI is InChI=1S/C12H16N2O4/c1-7(10-4-3-5-18-10)14-11(16)9(8(2)15)6-13-12(14)17/h6-7,10H,3-5H2,1-2H3,(H,13,17). The molecular formula is C12H16N2O4. The van der Waals surface area contributed by atoms with Crippen LogP contribution in [0.25, 0.3) is 0 Å². The van der Waals surface area contributed by atoms with Gasteiger partial charge in [0.05, 0.1) is 17.7 Å². The van der Waals surface area contributed by atoms with Crippen LogP contribution < -0.4 is 11.2 Å². The molecule has 0 radical (unpaired) electrons. The van der Waals surface area contributed by atoms with Crippen molar-refractivity contribution in [3.63, 3.8) is 0 Å². The molecule has 6 nitrogen and oxygen atoms in total. The van der Waals surface area contributed by atoms with Crippen LogP contribution in [0.1, 0.15) is 43.1 Å². The summed E-state index contributed by atoms with van der Waals surface area (Å²) in [6.07, 6.45) is 2.77. The molecule has 0 amide bonds. The summed E-state index contributed by atoms with van der Waals surface area (Å²) < 4.78 is 6.56. The number of carbonyl (C=O) groups is 1. The predicted molar refractivity (Wildman–Crippen MR) is 65.0 cm³/mol. The van der Waals surface area contributed by atoms with Crippen molar-refractivity contribution >= 4 is 5.78 Å². The first-order valence-corrected chi connectivity index (χ1v) is 5.99. The summed E-state index contributed by atoms with van der Waals surface area (Å²) in [5.74, 6) is -0.357. The predicted octanol–water partition coefficient (Wildman–Crippen LogP) is 0.479. The van der Waals surface area contributed by atoms with Crippen molar-refractivity contribution in [3.05, 3.63) is 32.6 Å². The average molecular weight is 252 g/mol. The molecule has 1 aromatic rings. The molecule has 2 atom stereocenters. The van der Waals surface area contributed by atoms with Crippen LogP contribution in [0, 0.1) is 0 Å². The van der Waals surface area contributed by atoms with Crippen LogP contribution in [-0.2, 0) is 4.74 Å². The van der Waals surface area contributed by atoms with Crippen molar-refractivity contribution in [2.75, 3.05) is 6.61 Å². The normalized spacial score (nSPS) is 20.9. The zero-order valence-corrected chi connectivity index (χ0v) is 10.4. The second-order valence-corrected chi connectivity index (χ2v) is 4.53. The fourth-order valence-corrected chi connectivity index (χ4v) is 2.26. The Morgan fingerprint density at radius 1 is 1.56 bits per heavy atom. The molecule has 1 aliphatic rings. The maximum Gasteiger partial charge on any atom is 0.328 e.